The van der Waals surface area contributed by atoms with Crippen LogP contribution in [-0.2, 0) is 37.6 Å². The zero-order valence-electron chi connectivity index (χ0n) is 28.8. The van der Waals surface area contributed by atoms with Crippen molar-refractivity contribution < 1.29 is 23.9 Å². The molecule has 46 heavy (non-hydrogen) atoms. The first kappa shape index (κ1) is 36.5. The molecule has 2 aromatic rings. The second-order valence-electron chi connectivity index (χ2n) is 14.2. The zero-order chi connectivity index (χ0) is 34.2. The number of rotatable bonds is 8. The Morgan fingerprint density at radius 1 is 0.913 bits per heavy atom. The third kappa shape index (κ3) is 10.9. The van der Waals surface area contributed by atoms with Gasteiger partial charge in [-0.25, -0.2) is 0 Å². The standard InChI is InChI=1S/C34H53N7O5/c1-20(2)14-26-33(45)37-27(15-23-10-12-25(46-9)13-11-23)32(44)35-22(5)31(43)38-28(21(3)4)18-41(19-30(42)36-26)17-24-16-29(40-39-24)34(6,7)8/h10-13,16,20-22,26-28H,14-15,17-19H2,1-9H3,(H,35,44)(H,36,42)(H,37,45)(H,38,43)(H,39,40)/t22-,26+,27+,28-/m1/s1. The fourth-order valence-corrected chi connectivity index (χ4v) is 5.27. The first-order valence-corrected chi connectivity index (χ1v) is 16.2. The van der Waals surface area contributed by atoms with Gasteiger partial charge >= 0.3 is 0 Å². The summed E-state index contributed by atoms with van der Waals surface area (Å²) in [6.07, 6.45) is 0.566. The first-order valence-electron chi connectivity index (χ1n) is 16.2. The Morgan fingerprint density at radius 3 is 2.13 bits per heavy atom. The van der Waals surface area contributed by atoms with Crippen LogP contribution in [0.15, 0.2) is 30.3 Å². The molecule has 1 aromatic heterocycles. The summed E-state index contributed by atoms with van der Waals surface area (Å²) in [6.45, 7) is 16.5. The van der Waals surface area contributed by atoms with E-state index in [0.717, 1.165) is 17.0 Å². The van der Waals surface area contributed by atoms with E-state index in [1.165, 1.54) is 0 Å². The van der Waals surface area contributed by atoms with E-state index in [0.29, 0.717) is 25.3 Å². The lowest BCUT2D eigenvalue weighted by Crippen LogP contribution is -2.57. The molecule has 12 heteroatoms. The minimum Gasteiger partial charge on any atom is -0.497 e. The number of aromatic amines is 1. The number of H-pyrrole nitrogens is 1. The summed E-state index contributed by atoms with van der Waals surface area (Å²) in [5.41, 5.74) is 2.38. The molecule has 0 saturated carbocycles. The molecule has 0 bridgehead atoms. The van der Waals surface area contributed by atoms with Gasteiger partial charge in [0.25, 0.3) is 0 Å². The number of ether oxygens (including phenoxy) is 1. The number of aromatic nitrogens is 2. The SMILES string of the molecule is COc1ccc(C[C@@H]2NC(=O)[C@H](CC(C)C)NC(=O)CN(Cc3cc(C(C)(C)C)n[nH]3)C[C@H](C(C)C)NC(=O)[C@@H](C)NC2=O)cc1. The minimum absolute atomic E-state index is 0.00710. The highest BCUT2D eigenvalue weighted by Gasteiger charge is 2.32. The Kier molecular flexibility index (Phi) is 12.8. The van der Waals surface area contributed by atoms with Crippen LogP contribution in [0.1, 0.15) is 78.8 Å². The molecule has 254 valence electrons. The summed E-state index contributed by atoms with van der Waals surface area (Å²) in [5, 5.41) is 19.2. The van der Waals surface area contributed by atoms with Crippen molar-refractivity contribution in [3.63, 3.8) is 0 Å². The molecule has 5 N–H and O–H groups in total. The predicted octanol–water partition coefficient (Wildman–Crippen LogP) is 2.44. The summed E-state index contributed by atoms with van der Waals surface area (Å²) >= 11 is 0. The summed E-state index contributed by atoms with van der Waals surface area (Å²) in [7, 11) is 1.57. The number of carbonyl (C=O) groups is 4. The monoisotopic (exact) mass is 639 g/mol. The number of nitrogens with zero attached hydrogens (tertiary/aromatic N) is 2. The van der Waals surface area contributed by atoms with E-state index in [1.54, 1.807) is 26.2 Å². The van der Waals surface area contributed by atoms with Crippen LogP contribution in [0.25, 0.3) is 0 Å². The summed E-state index contributed by atoms with van der Waals surface area (Å²) in [5.74, 6) is -0.846. The highest BCUT2D eigenvalue weighted by atomic mass is 16.5. The zero-order valence-corrected chi connectivity index (χ0v) is 28.8. The molecule has 0 radical (unpaired) electrons. The minimum atomic E-state index is -0.984. The maximum atomic E-state index is 13.7. The molecular formula is C34H53N7O5. The molecular weight excluding hydrogens is 586 g/mol. The Hall–Kier alpha value is -3.93. The van der Waals surface area contributed by atoms with Crippen molar-refractivity contribution >= 4 is 23.6 Å². The average Bonchev–Trinajstić information content (AvgIpc) is 3.44. The second kappa shape index (κ2) is 16.1. The largest absolute Gasteiger partial charge is 0.497 e. The molecule has 2 heterocycles. The molecule has 1 aliphatic rings. The van der Waals surface area contributed by atoms with Gasteiger partial charge in [0.15, 0.2) is 0 Å². The molecule has 1 aliphatic heterocycles. The fraction of sp³-hybridized carbons (Fsp3) is 0.618. The average molecular weight is 640 g/mol. The van der Waals surface area contributed by atoms with Crippen molar-refractivity contribution in [3.8, 4) is 5.75 Å². The van der Waals surface area contributed by atoms with Gasteiger partial charge in [0.2, 0.25) is 23.6 Å². The van der Waals surface area contributed by atoms with Gasteiger partial charge in [-0.15, -0.1) is 0 Å². The normalized spacial score (nSPS) is 22.8. The Labute approximate surface area is 273 Å². The first-order chi connectivity index (χ1) is 21.5. The van der Waals surface area contributed by atoms with Crippen LogP contribution in [0, 0.1) is 11.8 Å². The van der Waals surface area contributed by atoms with E-state index < -0.39 is 29.9 Å². The van der Waals surface area contributed by atoms with E-state index in [-0.39, 0.29) is 48.1 Å². The lowest BCUT2D eigenvalue weighted by molar-refractivity contribution is -0.133. The molecule has 1 saturated heterocycles. The molecule has 1 aromatic carbocycles. The van der Waals surface area contributed by atoms with E-state index in [2.05, 4.69) is 52.2 Å². The van der Waals surface area contributed by atoms with Crippen LogP contribution in [-0.4, -0.2) is 83.1 Å². The van der Waals surface area contributed by atoms with Crippen LogP contribution < -0.4 is 26.0 Å². The van der Waals surface area contributed by atoms with Crippen LogP contribution in [0.3, 0.4) is 0 Å². The van der Waals surface area contributed by atoms with Crippen molar-refractivity contribution in [2.45, 2.75) is 104 Å². The van der Waals surface area contributed by atoms with Gasteiger partial charge in [-0.3, -0.25) is 29.2 Å². The Balaban J connectivity index is 1.95. The van der Waals surface area contributed by atoms with Crippen molar-refractivity contribution in [2.24, 2.45) is 11.8 Å². The van der Waals surface area contributed by atoms with E-state index >= 15 is 0 Å². The lowest BCUT2D eigenvalue weighted by Gasteiger charge is -2.31. The predicted molar refractivity (Wildman–Crippen MR) is 177 cm³/mol. The van der Waals surface area contributed by atoms with Crippen LogP contribution >= 0.6 is 0 Å². The van der Waals surface area contributed by atoms with Crippen molar-refractivity contribution in [1.29, 1.82) is 0 Å². The van der Waals surface area contributed by atoms with E-state index in [4.69, 9.17) is 4.74 Å². The van der Waals surface area contributed by atoms with Gasteiger partial charge in [0.1, 0.15) is 23.9 Å². The number of amides is 4. The van der Waals surface area contributed by atoms with Gasteiger partial charge in [0.05, 0.1) is 19.3 Å². The molecule has 4 atom stereocenters. The van der Waals surface area contributed by atoms with Crippen molar-refractivity contribution in [2.75, 3.05) is 20.2 Å². The maximum absolute atomic E-state index is 13.7. The highest BCUT2D eigenvalue weighted by Crippen LogP contribution is 2.21. The number of carbonyl (C=O) groups excluding carboxylic acids is 4. The fourth-order valence-electron chi connectivity index (χ4n) is 5.27. The number of hydrogen-bond acceptors (Lipinski definition) is 7. The van der Waals surface area contributed by atoms with Crippen molar-refractivity contribution in [3.05, 3.63) is 47.3 Å². The Morgan fingerprint density at radius 2 is 1.57 bits per heavy atom. The number of hydrogen-bond donors (Lipinski definition) is 5. The molecule has 4 amide bonds. The van der Waals surface area contributed by atoms with Gasteiger partial charge in [0, 0.05) is 36.7 Å². The summed E-state index contributed by atoms with van der Waals surface area (Å²) in [4.78, 5) is 56.2. The third-order valence-corrected chi connectivity index (χ3v) is 8.09. The maximum Gasteiger partial charge on any atom is 0.243 e. The molecule has 12 nitrogen and oxygen atoms in total. The van der Waals surface area contributed by atoms with Crippen LogP contribution in [0.4, 0.5) is 0 Å². The molecule has 0 spiro atoms. The van der Waals surface area contributed by atoms with Gasteiger partial charge in [-0.2, -0.15) is 5.10 Å². The van der Waals surface area contributed by atoms with Gasteiger partial charge in [-0.1, -0.05) is 60.6 Å². The number of benzene rings is 1. The molecule has 1 fully saturated rings. The van der Waals surface area contributed by atoms with E-state index in [9.17, 15) is 19.2 Å². The highest BCUT2D eigenvalue weighted by molar-refractivity contribution is 5.94. The van der Waals surface area contributed by atoms with Gasteiger partial charge < -0.3 is 26.0 Å². The smallest absolute Gasteiger partial charge is 0.243 e. The van der Waals surface area contributed by atoms with Crippen molar-refractivity contribution in [1.82, 2.24) is 36.4 Å². The Bertz CT molecular complexity index is 1330. The van der Waals surface area contributed by atoms with Crippen LogP contribution in [0.2, 0.25) is 0 Å². The van der Waals surface area contributed by atoms with Crippen LogP contribution in [0.5, 0.6) is 5.75 Å². The lowest BCUT2D eigenvalue weighted by atomic mass is 9.92. The summed E-state index contributed by atoms with van der Waals surface area (Å²) in [6, 6.07) is 6.17. The number of methoxy groups -OCH3 is 1. The molecule has 0 aliphatic carbocycles. The molecule has 0 unspecified atom stereocenters. The second-order valence-corrected chi connectivity index (χ2v) is 14.2. The third-order valence-electron chi connectivity index (χ3n) is 8.09. The van der Waals surface area contributed by atoms with E-state index in [1.807, 2.05) is 50.8 Å². The molecule has 3 rings (SSSR count). The van der Waals surface area contributed by atoms with Gasteiger partial charge in [-0.05, 0) is 48.9 Å². The summed E-state index contributed by atoms with van der Waals surface area (Å²) < 4.78 is 5.25. The topological polar surface area (TPSA) is 158 Å². The quantitative estimate of drug-likeness (QED) is 0.297. The number of nitrogens with one attached hydrogen (secondary N) is 5.